The maximum absolute atomic E-state index is 11.2. The third-order valence-electron chi connectivity index (χ3n) is 3.43. The summed E-state index contributed by atoms with van der Waals surface area (Å²) in [7, 11) is 0. The third-order valence-corrected chi connectivity index (χ3v) is 4.63. The molecule has 1 aliphatic carbocycles. The molecule has 0 amide bonds. The Balaban J connectivity index is 1.90. The summed E-state index contributed by atoms with van der Waals surface area (Å²) in [5, 5.41) is 9.20. The van der Waals surface area contributed by atoms with E-state index in [1.165, 1.54) is 11.3 Å². The molecule has 0 radical (unpaired) electrons. The topological polar surface area (TPSA) is 37.3 Å². The van der Waals surface area contributed by atoms with E-state index in [-0.39, 0.29) is 5.92 Å². The van der Waals surface area contributed by atoms with Crippen molar-refractivity contribution in [2.45, 2.75) is 30.6 Å². The Morgan fingerprint density at radius 2 is 1.94 bits per heavy atom. The molecule has 0 saturated heterocycles. The third kappa shape index (κ3) is 3.50. The van der Waals surface area contributed by atoms with Crippen LogP contribution in [0.5, 0.6) is 0 Å². The molecule has 3 heteroatoms. The van der Waals surface area contributed by atoms with Gasteiger partial charge in [0, 0.05) is 10.6 Å². The minimum Gasteiger partial charge on any atom is -0.481 e. The highest BCUT2D eigenvalue weighted by Crippen LogP contribution is 2.34. The van der Waals surface area contributed by atoms with Gasteiger partial charge in [0.25, 0.3) is 0 Å². The number of benzene rings is 1. The van der Waals surface area contributed by atoms with Crippen LogP contribution in [0.1, 0.15) is 25.7 Å². The van der Waals surface area contributed by atoms with E-state index >= 15 is 0 Å². The van der Waals surface area contributed by atoms with Gasteiger partial charge < -0.3 is 5.11 Å². The molecule has 0 bridgehead atoms. The van der Waals surface area contributed by atoms with Crippen LogP contribution >= 0.6 is 11.8 Å². The summed E-state index contributed by atoms with van der Waals surface area (Å²) in [6, 6.07) is 10.2. The summed E-state index contributed by atoms with van der Waals surface area (Å²) >= 11 is 1.78. The minimum atomic E-state index is -0.608. The van der Waals surface area contributed by atoms with E-state index in [1.54, 1.807) is 11.8 Å². The number of carboxylic acid groups (broad SMARTS) is 1. The van der Waals surface area contributed by atoms with Crippen LogP contribution in [0.2, 0.25) is 0 Å². The van der Waals surface area contributed by atoms with Gasteiger partial charge in [-0.25, -0.2) is 0 Å². The van der Waals surface area contributed by atoms with E-state index in [1.807, 2.05) is 18.2 Å². The van der Waals surface area contributed by atoms with Gasteiger partial charge in [0.2, 0.25) is 0 Å². The second-order valence-electron chi connectivity index (χ2n) is 4.61. The number of thioether (sulfide) groups is 1. The Hall–Kier alpha value is -0.960. The summed E-state index contributed by atoms with van der Waals surface area (Å²) in [6.45, 7) is 0. The Morgan fingerprint density at radius 3 is 2.65 bits per heavy atom. The standard InChI is InChI=1S/C14H18O2S/c15-14(16)13-9-5-4-6-11(13)10-17-12-7-2-1-3-8-12/h1-3,7-8,11,13H,4-6,9-10H2,(H,15,16). The number of hydrogen-bond donors (Lipinski definition) is 1. The molecular formula is C14H18O2S. The molecule has 1 aromatic rings. The predicted molar refractivity (Wildman–Crippen MR) is 70.2 cm³/mol. The molecule has 1 saturated carbocycles. The van der Waals surface area contributed by atoms with Gasteiger partial charge in [0.15, 0.2) is 0 Å². The van der Waals surface area contributed by atoms with Gasteiger partial charge >= 0.3 is 5.97 Å². The first kappa shape index (κ1) is 12.5. The minimum absolute atomic E-state index is 0.125. The summed E-state index contributed by atoms with van der Waals surface area (Å²) in [6.07, 6.45) is 4.18. The Bertz CT molecular complexity index is 364. The zero-order valence-electron chi connectivity index (χ0n) is 9.84. The van der Waals surface area contributed by atoms with Gasteiger partial charge in [-0.2, -0.15) is 0 Å². The predicted octanol–water partition coefficient (Wildman–Crippen LogP) is 3.67. The van der Waals surface area contributed by atoms with Crippen molar-refractivity contribution in [3.8, 4) is 0 Å². The first-order valence-corrected chi connectivity index (χ1v) is 7.16. The molecule has 1 aliphatic rings. The van der Waals surface area contributed by atoms with Gasteiger partial charge in [-0.15, -0.1) is 11.8 Å². The van der Waals surface area contributed by atoms with Gasteiger partial charge in [-0.1, -0.05) is 31.0 Å². The number of hydrogen-bond acceptors (Lipinski definition) is 2. The molecule has 1 aromatic carbocycles. The molecule has 2 nitrogen and oxygen atoms in total. The normalized spacial score (nSPS) is 24.5. The molecule has 1 fully saturated rings. The van der Waals surface area contributed by atoms with Crippen LogP contribution in [0.25, 0.3) is 0 Å². The second kappa shape index (κ2) is 6.10. The number of carbonyl (C=O) groups is 1. The largest absolute Gasteiger partial charge is 0.481 e. The van der Waals surface area contributed by atoms with Crippen molar-refractivity contribution < 1.29 is 9.90 Å². The summed E-state index contributed by atoms with van der Waals surface area (Å²) in [5.74, 6) is 0.538. The lowest BCUT2D eigenvalue weighted by molar-refractivity contribution is -0.144. The Labute approximate surface area is 106 Å². The molecule has 1 N–H and O–H groups in total. The monoisotopic (exact) mass is 250 g/mol. The van der Waals surface area contributed by atoms with Gasteiger partial charge in [0.1, 0.15) is 0 Å². The fourth-order valence-electron chi connectivity index (χ4n) is 2.45. The fourth-order valence-corrected chi connectivity index (χ4v) is 3.61. The highest BCUT2D eigenvalue weighted by atomic mass is 32.2. The maximum Gasteiger partial charge on any atom is 0.306 e. The molecule has 2 atom stereocenters. The quantitative estimate of drug-likeness (QED) is 0.828. The van der Waals surface area contributed by atoms with Crippen molar-refractivity contribution in [3.05, 3.63) is 30.3 Å². The zero-order valence-corrected chi connectivity index (χ0v) is 10.7. The number of aliphatic carboxylic acids is 1. The number of carboxylic acids is 1. The second-order valence-corrected chi connectivity index (χ2v) is 5.71. The molecule has 92 valence electrons. The lowest BCUT2D eigenvalue weighted by atomic mass is 9.80. The Morgan fingerprint density at radius 1 is 1.24 bits per heavy atom. The van der Waals surface area contributed by atoms with E-state index in [0.29, 0.717) is 5.92 Å². The molecule has 0 aromatic heterocycles. The van der Waals surface area contributed by atoms with E-state index in [0.717, 1.165) is 25.0 Å². The van der Waals surface area contributed by atoms with E-state index in [2.05, 4.69) is 12.1 Å². The van der Waals surface area contributed by atoms with Crippen LogP contribution in [0.4, 0.5) is 0 Å². The van der Waals surface area contributed by atoms with Crippen LogP contribution in [-0.2, 0) is 4.79 Å². The summed E-state index contributed by atoms with van der Waals surface area (Å²) < 4.78 is 0. The van der Waals surface area contributed by atoms with Crippen molar-refractivity contribution in [3.63, 3.8) is 0 Å². The molecule has 0 spiro atoms. The molecular weight excluding hydrogens is 232 g/mol. The highest BCUT2D eigenvalue weighted by Gasteiger charge is 2.30. The van der Waals surface area contributed by atoms with Crippen molar-refractivity contribution in [1.82, 2.24) is 0 Å². The first-order valence-electron chi connectivity index (χ1n) is 6.18. The van der Waals surface area contributed by atoms with Crippen LogP contribution in [0, 0.1) is 11.8 Å². The van der Waals surface area contributed by atoms with Crippen LogP contribution in [0.15, 0.2) is 35.2 Å². The van der Waals surface area contributed by atoms with E-state index < -0.39 is 5.97 Å². The van der Waals surface area contributed by atoms with Gasteiger partial charge in [-0.05, 0) is 30.9 Å². The first-order chi connectivity index (χ1) is 8.27. The van der Waals surface area contributed by atoms with E-state index in [9.17, 15) is 9.90 Å². The maximum atomic E-state index is 11.2. The lowest BCUT2D eigenvalue weighted by Crippen LogP contribution is -2.28. The molecule has 17 heavy (non-hydrogen) atoms. The van der Waals surface area contributed by atoms with Crippen LogP contribution in [-0.4, -0.2) is 16.8 Å². The average molecular weight is 250 g/mol. The SMILES string of the molecule is O=C(O)C1CCCCC1CSc1ccccc1. The zero-order chi connectivity index (χ0) is 12.1. The smallest absolute Gasteiger partial charge is 0.306 e. The molecule has 0 heterocycles. The highest BCUT2D eigenvalue weighted by molar-refractivity contribution is 7.99. The molecule has 2 rings (SSSR count). The van der Waals surface area contributed by atoms with Crippen LogP contribution < -0.4 is 0 Å². The van der Waals surface area contributed by atoms with Crippen molar-refractivity contribution in [2.24, 2.45) is 11.8 Å². The number of rotatable bonds is 4. The van der Waals surface area contributed by atoms with Crippen molar-refractivity contribution >= 4 is 17.7 Å². The summed E-state index contributed by atoms with van der Waals surface area (Å²) in [5.41, 5.74) is 0. The van der Waals surface area contributed by atoms with Crippen LogP contribution in [0.3, 0.4) is 0 Å². The van der Waals surface area contributed by atoms with Crippen molar-refractivity contribution in [1.29, 1.82) is 0 Å². The van der Waals surface area contributed by atoms with Crippen molar-refractivity contribution in [2.75, 3.05) is 5.75 Å². The van der Waals surface area contributed by atoms with E-state index in [4.69, 9.17) is 0 Å². The lowest BCUT2D eigenvalue weighted by Gasteiger charge is -2.28. The Kier molecular flexibility index (Phi) is 4.49. The van der Waals surface area contributed by atoms with Gasteiger partial charge in [-0.3, -0.25) is 4.79 Å². The molecule has 0 aliphatic heterocycles. The fraction of sp³-hybridized carbons (Fsp3) is 0.500. The average Bonchev–Trinajstić information content (AvgIpc) is 2.38. The molecule has 2 unspecified atom stereocenters. The van der Waals surface area contributed by atoms with Gasteiger partial charge in [0.05, 0.1) is 5.92 Å². The summed E-state index contributed by atoms with van der Waals surface area (Å²) in [4.78, 5) is 12.4.